The van der Waals surface area contributed by atoms with E-state index in [0.29, 0.717) is 0 Å². The maximum absolute atomic E-state index is 6.32. The number of benzene rings is 11. The fourth-order valence-corrected chi connectivity index (χ4v) is 10.1. The number of anilines is 3. The van der Waals surface area contributed by atoms with Crippen LogP contribution in [0.4, 0.5) is 17.1 Å². The molecule has 0 aliphatic rings. The molecule has 13 rings (SSSR count). The fourth-order valence-electron chi connectivity index (χ4n) is 10.1. The van der Waals surface area contributed by atoms with Crippen LogP contribution in [0.5, 0.6) is 0 Å². The second-order valence-corrected chi connectivity index (χ2v) is 16.9. The Bertz CT molecular complexity index is 3880. The monoisotopic (exact) mass is 828 g/mol. The molecular weight excluding hydrogens is 789 g/mol. The van der Waals surface area contributed by atoms with Gasteiger partial charge in [0.2, 0.25) is 0 Å². The summed E-state index contributed by atoms with van der Waals surface area (Å²) in [5.41, 5.74) is 15.4. The number of rotatable bonds is 7. The van der Waals surface area contributed by atoms with Crippen LogP contribution in [-0.4, -0.2) is 4.57 Å². The summed E-state index contributed by atoms with van der Waals surface area (Å²) in [6, 6.07) is 87.9. The Labute approximate surface area is 376 Å². The Hall–Kier alpha value is -8.66. The van der Waals surface area contributed by atoms with Crippen molar-refractivity contribution in [2.75, 3.05) is 4.90 Å². The minimum atomic E-state index is 0.892. The van der Waals surface area contributed by atoms with Crippen LogP contribution in [0.15, 0.2) is 247 Å². The van der Waals surface area contributed by atoms with Gasteiger partial charge in [-0.2, -0.15) is 0 Å². The van der Waals surface area contributed by atoms with Crippen LogP contribution in [0.3, 0.4) is 0 Å². The van der Waals surface area contributed by atoms with E-state index in [9.17, 15) is 0 Å². The lowest BCUT2D eigenvalue weighted by Crippen LogP contribution is -2.11. The number of para-hydroxylation sites is 3. The molecule has 65 heavy (non-hydrogen) atoms. The van der Waals surface area contributed by atoms with Gasteiger partial charge in [0.25, 0.3) is 0 Å². The Balaban J connectivity index is 1.000. The molecule has 0 saturated carbocycles. The molecule has 3 heteroatoms. The number of hydrogen-bond donors (Lipinski definition) is 0. The smallest absolute Gasteiger partial charge is 0.136 e. The minimum absolute atomic E-state index is 0.892. The van der Waals surface area contributed by atoms with E-state index in [2.05, 4.69) is 240 Å². The molecule has 13 aromatic rings. The van der Waals surface area contributed by atoms with E-state index in [1.807, 2.05) is 12.1 Å². The largest absolute Gasteiger partial charge is 0.456 e. The molecule has 0 saturated heterocycles. The summed E-state index contributed by atoms with van der Waals surface area (Å²) in [6.07, 6.45) is 0. The Morgan fingerprint density at radius 2 is 0.892 bits per heavy atom. The summed E-state index contributed by atoms with van der Waals surface area (Å²) in [5.74, 6) is 0. The van der Waals surface area contributed by atoms with E-state index in [-0.39, 0.29) is 0 Å². The van der Waals surface area contributed by atoms with Crippen molar-refractivity contribution in [3.05, 3.63) is 243 Å². The van der Waals surface area contributed by atoms with Gasteiger partial charge in [0.15, 0.2) is 0 Å². The molecule has 0 radical (unpaired) electrons. The van der Waals surface area contributed by atoms with Gasteiger partial charge in [-0.25, -0.2) is 0 Å². The van der Waals surface area contributed by atoms with Gasteiger partial charge in [0.1, 0.15) is 11.2 Å². The summed E-state index contributed by atoms with van der Waals surface area (Å²) >= 11 is 0. The molecule has 0 aliphatic heterocycles. The van der Waals surface area contributed by atoms with Crippen molar-refractivity contribution in [1.82, 2.24) is 4.57 Å². The second-order valence-electron chi connectivity index (χ2n) is 16.9. The normalized spacial score (nSPS) is 11.7. The highest BCUT2D eigenvalue weighted by atomic mass is 16.3. The fraction of sp³-hybridized carbons (Fsp3) is 0. The molecule has 2 heterocycles. The standard InChI is InChI=1S/C62H40N2O/c1-2-13-42(14-3-1)51-36-29-45(50-20-12-21-52-49-16-5-4-15-43(49)27-37-53(50)52)39-60(51)63(46-30-25-41(26-31-46)44-28-38-57-56-19-8-11-24-61(56)65-62(57)40-44)47-32-34-48(35-33-47)64-58-22-9-6-17-54(58)55-18-7-10-23-59(55)64/h1-40H. The van der Waals surface area contributed by atoms with E-state index < -0.39 is 0 Å². The lowest BCUT2D eigenvalue weighted by molar-refractivity contribution is 0.669. The van der Waals surface area contributed by atoms with Gasteiger partial charge in [0, 0.05) is 44.2 Å². The molecule has 0 N–H and O–H groups in total. The first kappa shape index (κ1) is 36.9. The predicted octanol–water partition coefficient (Wildman–Crippen LogP) is 17.5. The number of aromatic nitrogens is 1. The third-order valence-corrected chi connectivity index (χ3v) is 13.2. The van der Waals surface area contributed by atoms with E-state index in [1.165, 1.54) is 48.9 Å². The van der Waals surface area contributed by atoms with Crippen molar-refractivity contribution in [2.24, 2.45) is 0 Å². The Morgan fingerprint density at radius 1 is 0.308 bits per heavy atom. The lowest BCUT2D eigenvalue weighted by Gasteiger charge is -2.29. The molecule has 0 bridgehead atoms. The molecule has 0 atom stereocenters. The number of nitrogens with zero attached hydrogens (tertiary/aromatic N) is 2. The molecule has 2 aromatic heterocycles. The molecule has 0 fully saturated rings. The first-order valence-electron chi connectivity index (χ1n) is 22.2. The lowest BCUT2D eigenvalue weighted by atomic mass is 9.92. The van der Waals surface area contributed by atoms with Crippen LogP contribution in [0.2, 0.25) is 0 Å². The average Bonchev–Trinajstić information content (AvgIpc) is 3.92. The molecule has 0 spiro atoms. The molecule has 3 nitrogen and oxygen atoms in total. The summed E-state index contributed by atoms with van der Waals surface area (Å²) < 4.78 is 8.70. The number of hydrogen-bond acceptors (Lipinski definition) is 2. The minimum Gasteiger partial charge on any atom is -0.456 e. The van der Waals surface area contributed by atoms with Crippen molar-refractivity contribution >= 4 is 82.4 Å². The zero-order chi connectivity index (χ0) is 42.8. The SMILES string of the molecule is c1ccc(-c2ccc(-c3cccc4c3ccc3ccccc34)cc2N(c2ccc(-c3ccc4c(c3)oc3ccccc34)cc2)c2ccc(-n3c4ccccc4c4ccccc43)cc2)cc1. The maximum Gasteiger partial charge on any atom is 0.136 e. The molecule has 0 amide bonds. The number of furan rings is 1. The van der Waals surface area contributed by atoms with Crippen LogP contribution in [0.25, 0.3) is 104 Å². The van der Waals surface area contributed by atoms with Crippen molar-refractivity contribution in [3.8, 4) is 39.1 Å². The van der Waals surface area contributed by atoms with Crippen molar-refractivity contribution < 1.29 is 4.42 Å². The molecule has 0 aliphatic carbocycles. The van der Waals surface area contributed by atoms with Gasteiger partial charge in [0.05, 0.1) is 16.7 Å². The van der Waals surface area contributed by atoms with E-state index >= 15 is 0 Å². The number of fused-ring (bicyclic) bond motifs is 9. The van der Waals surface area contributed by atoms with Crippen LogP contribution >= 0.6 is 0 Å². The first-order valence-corrected chi connectivity index (χ1v) is 22.2. The maximum atomic E-state index is 6.32. The van der Waals surface area contributed by atoms with Crippen molar-refractivity contribution in [3.63, 3.8) is 0 Å². The highest BCUT2D eigenvalue weighted by molar-refractivity contribution is 6.13. The molecular formula is C62H40N2O. The van der Waals surface area contributed by atoms with Gasteiger partial charge in [-0.05, 0) is 122 Å². The third-order valence-electron chi connectivity index (χ3n) is 13.2. The van der Waals surface area contributed by atoms with Gasteiger partial charge >= 0.3 is 0 Å². The summed E-state index contributed by atoms with van der Waals surface area (Å²) in [6.45, 7) is 0. The van der Waals surface area contributed by atoms with E-state index in [0.717, 1.165) is 72.5 Å². The summed E-state index contributed by atoms with van der Waals surface area (Å²) in [7, 11) is 0. The average molecular weight is 829 g/mol. The second kappa shape index (κ2) is 15.0. The quantitative estimate of drug-likeness (QED) is 0.149. The zero-order valence-electron chi connectivity index (χ0n) is 35.4. The zero-order valence-corrected chi connectivity index (χ0v) is 35.4. The first-order chi connectivity index (χ1) is 32.2. The van der Waals surface area contributed by atoms with Gasteiger partial charge in [-0.3, -0.25) is 0 Å². The van der Waals surface area contributed by atoms with E-state index in [1.54, 1.807) is 0 Å². The van der Waals surface area contributed by atoms with Crippen LogP contribution in [0.1, 0.15) is 0 Å². The van der Waals surface area contributed by atoms with Gasteiger partial charge in [-0.1, -0.05) is 170 Å². The highest BCUT2D eigenvalue weighted by Gasteiger charge is 2.21. The van der Waals surface area contributed by atoms with Crippen LogP contribution in [-0.2, 0) is 0 Å². The van der Waals surface area contributed by atoms with Crippen molar-refractivity contribution in [1.29, 1.82) is 0 Å². The Kier molecular flexibility index (Phi) is 8.53. The van der Waals surface area contributed by atoms with Gasteiger partial charge < -0.3 is 13.9 Å². The molecule has 304 valence electrons. The van der Waals surface area contributed by atoms with Crippen molar-refractivity contribution in [2.45, 2.75) is 0 Å². The van der Waals surface area contributed by atoms with Crippen LogP contribution < -0.4 is 4.90 Å². The predicted molar refractivity (Wildman–Crippen MR) is 274 cm³/mol. The van der Waals surface area contributed by atoms with Crippen LogP contribution in [0, 0.1) is 0 Å². The molecule has 0 unspecified atom stereocenters. The van der Waals surface area contributed by atoms with Gasteiger partial charge in [-0.15, -0.1) is 0 Å². The summed E-state index contributed by atoms with van der Waals surface area (Å²) in [5, 5.41) is 9.76. The van der Waals surface area contributed by atoms with E-state index in [4.69, 9.17) is 4.42 Å². The summed E-state index contributed by atoms with van der Waals surface area (Å²) in [4.78, 5) is 2.42. The third kappa shape index (κ3) is 6.12. The topological polar surface area (TPSA) is 21.3 Å². The molecule has 11 aromatic carbocycles. The highest BCUT2D eigenvalue weighted by Crippen LogP contribution is 2.45. The Morgan fingerprint density at radius 3 is 1.66 bits per heavy atom.